The number of fused-ring (bicyclic) bond motifs is 1. The number of aryl methyl sites for hydroxylation is 1. The highest BCUT2D eigenvalue weighted by molar-refractivity contribution is 6.03. The molecule has 1 atom stereocenters. The van der Waals surface area contributed by atoms with Crippen molar-refractivity contribution < 1.29 is 22.7 Å². The van der Waals surface area contributed by atoms with Crippen molar-refractivity contribution in [2.24, 2.45) is 5.92 Å². The molecule has 9 nitrogen and oxygen atoms in total. The molecular formula is C20H24F3N7O2. The van der Waals surface area contributed by atoms with Crippen LogP contribution in [0.3, 0.4) is 0 Å². The van der Waals surface area contributed by atoms with Crippen LogP contribution in [0.1, 0.15) is 38.2 Å². The number of carbonyl (C=O) groups is 1. The first-order valence-electron chi connectivity index (χ1n) is 10.3. The monoisotopic (exact) mass is 451 g/mol. The van der Waals surface area contributed by atoms with Gasteiger partial charge in [-0.15, -0.1) is 0 Å². The van der Waals surface area contributed by atoms with Gasteiger partial charge in [0, 0.05) is 25.9 Å². The van der Waals surface area contributed by atoms with Gasteiger partial charge in [0.15, 0.2) is 11.6 Å². The van der Waals surface area contributed by atoms with Gasteiger partial charge in [0.2, 0.25) is 17.7 Å². The highest BCUT2D eigenvalue weighted by Gasteiger charge is 2.37. The fraction of sp³-hybridized carbons (Fsp3) is 0.550. The first-order valence-corrected chi connectivity index (χ1v) is 10.3. The average Bonchev–Trinajstić information content (AvgIpc) is 2.67. The molecule has 2 N–H and O–H groups in total. The molecule has 2 aliphatic rings. The number of anilines is 3. The third-order valence-electron chi connectivity index (χ3n) is 5.58. The first-order chi connectivity index (χ1) is 15.0. The molecule has 1 amide bonds. The van der Waals surface area contributed by atoms with Crippen LogP contribution in [0, 0.1) is 12.8 Å². The zero-order valence-electron chi connectivity index (χ0n) is 18.1. The van der Waals surface area contributed by atoms with Crippen LogP contribution in [0.2, 0.25) is 0 Å². The van der Waals surface area contributed by atoms with Gasteiger partial charge in [0.1, 0.15) is 17.8 Å². The Morgan fingerprint density at radius 1 is 1.22 bits per heavy atom. The molecule has 172 valence electrons. The SMILES string of the molecule is Cc1nc(NC2CC(Oc3cnc(C(F)(F)F)nc3)C2)nc2c1NC(=O)C(C(C)C)N2C. The molecule has 3 heterocycles. The summed E-state index contributed by atoms with van der Waals surface area (Å²) in [6.07, 6.45) is -1.44. The summed E-state index contributed by atoms with van der Waals surface area (Å²) in [5.41, 5.74) is 1.27. The second-order valence-corrected chi connectivity index (χ2v) is 8.41. The number of hydrogen-bond acceptors (Lipinski definition) is 8. The summed E-state index contributed by atoms with van der Waals surface area (Å²) in [7, 11) is 1.85. The summed E-state index contributed by atoms with van der Waals surface area (Å²) in [6.45, 7) is 5.77. The van der Waals surface area contributed by atoms with Gasteiger partial charge in [-0.1, -0.05) is 13.8 Å². The summed E-state index contributed by atoms with van der Waals surface area (Å²) >= 11 is 0. The molecule has 1 saturated carbocycles. The highest BCUT2D eigenvalue weighted by Crippen LogP contribution is 2.35. The van der Waals surface area contributed by atoms with E-state index < -0.39 is 12.0 Å². The van der Waals surface area contributed by atoms with Crippen molar-refractivity contribution in [3.63, 3.8) is 0 Å². The van der Waals surface area contributed by atoms with Crippen molar-refractivity contribution in [2.75, 3.05) is 22.6 Å². The van der Waals surface area contributed by atoms with Crippen LogP contribution < -0.4 is 20.3 Å². The number of carbonyl (C=O) groups excluding carboxylic acids is 1. The van der Waals surface area contributed by atoms with E-state index in [-0.39, 0.29) is 35.8 Å². The maximum atomic E-state index is 12.5. The van der Waals surface area contributed by atoms with Gasteiger partial charge in [-0.05, 0) is 12.8 Å². The Labute approximate surface area is 182 Å². The minimum atomic E-state index is -4.58. The predicted molar refractivity (Wildman–Crippen MR) is 111 cm³/mol. The van der Waals surface area contributed by atoms with E-state index in [0.717, 1.165) is 12.4 Å². The van der Waals surface area contributed by atoms with E-state index in [1.165, 1.54) is 0 Å². The smallest absolute Gasteiger partial charge is 0.451 e. The molecule has 0 radical (unpaired) electrons. The van der Waals surface area contributed by atoms with Gasteiger partial charge in [0.05, 0.1) is 18.1 Å². The lowest BCUT2D eigenvalue weighted by atomic mass is 9.89. The number of halogens is 3. The highest BCUT2D eigenvalue weighted by atomic mass is 19.4. The van der Waals surface area contributed by atoms with Crippen molar-refractivity contribution in [2.45, 2.75) is 58.0 Å². The van der Waals surface area contributed by atoms with Gasteiger partial charge >= 0.3 is 6.18 Å². The van der Waals surface area contributed by atoms with Crippen LogP contribution in [0.4, 0.5) is 30.6 Å². The molecule has 4 rings (SSSR count). The van der Waals surface area contributed by atoms with Gasteiger partial charge in [-0.2, -0.15) is 18.2 Å². The molecular weight excluding hydrogens is 427 g/mol. The molecule has 1 fully saturated rings. The third kappa shape index (κ3) is 4.26. The van der Waals surface area contributed by atoms with Crippen molar-refractivity contribution in [3.05, 3.63) is 23.9 Å². The number of hydrogen-bond donors (Lipinski definition) is 2. The van der Waals surface area contributed by atoms with E-state index in [9.17, 15) is 18.0 Å². The van der Waals surface area contributed by atoms with Crippen LogP contribution in [0.25, 0.3) is 0 Å². The fourth-order valence-corrected chi connectivity index (χ4v) is 3.96. The molecule has 1 unspecified atom stereocenters. The van der Waals surface area contributed by atoms with Crippen LogP contribution in [0.5, 0.6) is 5.75 Å². The lowest BCUT2D eigenvalue weighted by Gasteiger charge is -2.38. The Hall–Kier alpha value is -3.18. The van der Waals surface area contributed by atoms with Gasteiger partial charge in [-0.3, -0.25) is 4.79 Å². The Bertz CT molecular complexity index is 1010. The average molecular weight is 451 g/mol. The van der Waals surface area contributed by atoms with E-state index in [4.69, 9.17) is 4.74 Å². The van der Waals surface area contributed by atoms with E-state index >= 15 is 0 Å². The van der Waals surface area contributed by atoms with Crippen molar-refractivity contribution in [1.82, 2.24) is 19.9 Å². The summed E-state index contributed by atoms with van der Waals surface area (Å²) in [5, 5.41) is 6.18. The molecule has 0 bridgehead atoms. The van der Waals surface area contributed by atoms with E-state index in [1.807, 2.05) is 32.7 Å². The number of nitrogens with one attached hydrogen (secondary N) is 2. The summed E-state index contributed by atoms with van der Waals surface area (Å²) in [5.74, 6) is 0.144. The van der Waals surface area contributed by atoms with E-state index in [0.29, 0.717) is 36.0 Å². The number of ether oxygens (including phenoxy) is 1. The zero-order valence-corrected chi connectivity index (χ0v) is 18.1. The number of nitrogens with zero attached hydrogens (tertiary/aromatic N) is 5. The predicted octanol–water partition coefficient (Wildman–Crippen LogP) is 3.03. The number of rotatable bonds is 5. The van der Waals surface area contributed by atoms with E-state index in [1.54, 1.807) is 0 Å². The quantitative estimate of drug-likeness (QED) is 0.715. The second-order valence-electron chi connectivity index (χ2n) is 8.41. The maximum absolute atomic E-state index is 12.5. The topological polar surface area (TPSA) is 105 Å². The molecule has 0 aromatic carbocycles. The lowest BCUT2D eigenvalue weighted by molar-refractivity contribution is -0.145. The zero-order chi connectivity index (χ0) is 23.2. The molecule has 0 saturated heterocycles. The lowest BCUT2D eigenvalue weighted by Crippen LogP contribution is -2.50. The number of aromatic nitrogens is 4. The molecule has 0 spiro atoms. The Morgan fingerprint density at radius 3 is 2.47 bits per heavy atom. The number of amides is 1. The van der Waals surface area contributed by atoms with Crippen molar-refractivity contribution in [1.29, 1.82) is 0 Å². The number of alkyl halides is 3. The van der Waals surface area contributed by atoms with Gasteiger partial charge in [-0.25, -0.2) is 15.0 Å². The van der Waals surface area contributed by atoms with Crippen LogP contribution in [-0.4, -0.2) is 51.1 Å². The molecule has 12 heteroatoms. The van der Waals surface area contributed by atoms with Crippen LogP contribution >= 0.6 is 0 Å². The molecule has 1 aliphatic heterocycles. The summed E-state index contributed by atoms with van der Waals surface area (Å²) in [6, 6.07) is -0.269. The summed E-state index contributed by atoms with van der Waals surface area (Å²) < 4.78 is 43.3. The standard InChI is InChI=1S/C20H24F3N7O2/c1-9(2)15-17(31)28-14-10(3)26-19(29-16(14)30(15)4)27-11-5-12(6-11)32-13-7-24-18(25-8-13)20(21,22)23/h7-9,11-12,15H,5-6H2,1-4H3,(H,28,31)(H,26,27,29). The minimum absolute atomic E-state index is 0.0530. The maximum Gasteiger partial charge on any atom is 0.451 e. The van der Waals surface area contributed by atoms with Crippen molar-refractivity contribution in [3.8, 4) is 5.75 Å². The van der Waals surface area contributed by atoms with Gasteiger partial charge in [0.25, 0.3) is 0 Å². The minimum Gasteiger partial charge on any atom is -0.487 e. The fourth-order valence-electron chi connectivity index (χ4n) is 3.96. The Kier molecular flexibility index (Phi) is 5.55. The Balaban J connectivity index is 1.37. The van der Waals surface area contributed by atoms with Crippen LogP contribution in [0.15, 0.2) is 12.4 Å². The first kappa shape index (κ1) is 22.0. The number of likely N-dealkylation sites (N-methyl/N-ethyl adjacent to an activating group) is 1. The van der Waals surface area contributed by atoms with E-state index in [2.05, 4.69) is 30.6 Å². The van der Waals surface area contributed by atoms with Gasteiger partial charge < -0.3 is 20.3 Å². The third-order valence-corrected chi connectivity index (χ3v) is 5.58. The largest absolute Gasteiger partial charge is 0.487 e. The van der Waals surface area contributed by atoms with Crippen molar-refractivity contribution >= 4 is 23.4 Å². The molecule has 2 aromatic heterocycles. The Morgan fingerprint density at radius 2 is 1.88 bits per heavy atom. The molecule has 1 aliphatic carbocycles. The second kappa shape index (κ2) is 8.06. The van der Waals surface area contributed by atoms with Crippen LogP contribution in [-0.2, 0) is 11.0 Å². The molecule has 32 heavy (non-hydrogen) atoms. The normalized spacial score (nSPS) is 22.8. The summed E-state index contributed by atoms with van der Waals surface area (Å²) in [4.78, 5) is 30.0. The molecule has 2 aromatic rings.